The molecule has 1 atom stereocenters. The fourth-order valence-electron chi connectivity index (χ4n) is 3.47. The number of hydrogen-bond acceptors (Lipinski definition) is 4. The molecule has 6 nitrogen and oxygen atoms in total. The molecule has 0 radical (unpaired) electrons. The lowest BCUT2D eigenvalue weighted by Gasteiger charge is -2.19. The van der Waals surface area contributed by atoms with Gasteiger partial charge < -0.3 is 13.5 Å². The van der Waals surface area contributed by atoms with Gasteiger partial charge in [-0.05, 0) is 37.1 Å². The van der Waals surface area contributed by atoms with Gasteiger partial charge in [0, 0.05) is 54.8 Å². The fraction of sp³-hybridized carbons (Fsp3) is 0.278. The van der Waals surface area contributed by atoms with Crippen LogP contribution in [0, 0.1) is 6.92 Å². The largest absolute Gasteiger partial charge is 0.339 e. The zero-order valence-electron chi connectivity index (χ0n) is 13.4. The highest BCUT2D eigenvalue weighted by Crippen LogP contribution is 2.29. The first kappa shape index (κ1) is 13.5. The zero-order chi connectivity index (χ0) is 16.1. The van der Waals surface area contributed by atoms with E-state index in [2.05, 4.69) is 49.3 Å². The summed E-state index contributed by atoms with van der Waals surface area (Å²) in [4.78, 5) is 9.05. The molecule has 0 N–H and O–H groups in total. The molecular formula is C18H17N5O. The Morgan fingerprint density at radius 1 is 1.25 bits per heavy atom. The molecule has 4 aromatic rings. The minimum Gasteiger partial charge on any atom is -0.339 e. The lowest BCUT2D eigenvalue weighted by atomic mass is 9.98. The number of fused-ring (bicyclic) bond motifs is 2. The van der Waals surface area contributed by atoms with Gasteiger partial charge in [0.1, 0.15) is 5.82 Å². The average molecular weight is 319 g/mol. The fourth-order valence-corrected chi connectivity index (χ4v) is 3.47. The summed E-state index contributed by atoms with van der Waals surface area (Å²) in [6.07, 6.45) is 9.88. The van der Waals surface area contributed by atoms with Crippen LogP contribution in [0.1, 0.15) is 29.6 Å². The summed E-state index contributed by atoms with van der Waals surface area (Å²) in [5.41, 5.74) is 3.36. The third kappa shape index (κ3) is 2.14. The SMILES string of the molecule is Cc1cc2ccc(-c3noc(C4CCn5ccnc5C4)n3)cn2c1. The van der Waals surface area contributed by atoms with Gasteiger partial charge >= 0.3 is 0 Å². The van der Waals surface area contributed by atoms with Crippen molar-refractivity contribution in [2.45, 2.75) is 32.2 Å². The van der Waals surface area contributed by atoms with Crippen LogP contribution in [-0.2, 0) is 13.0 Å². The van der Waals surface area contributed by atoms with Gasteiger partial charge in [-0.15, -0.1) is 0 Å². The van der Waals surface area contributed by atoms with Crippen molar-refractivity contribution in [3.05, 3.63) is 60.3 Å². The van der Waals surface area contributed by atoms with E-state index in [4.69, 9.17) is 4.52 Å². The summed E-state index contributed by atoms with van der Waals surface area (Å²) in [6, 6.07) is 6.27. The first-order valence-corrected chi connectivity index (χ1v) is 8.18. The minimum atomic E-state index is 0.249. The van der Waals surface area contributed by atoms with Crippen molar-refractivity contribution < 1.29 is 4.52 Å². The van der Waals surface area contributed by atoms with E-state index in [0.717, 1.165) is 30.8 Å². The quantitative estimate of drug-likeness (QED) is 0.569. The normalized spacial score (nSPS) is 17.3. The van der Waals surface area contributed by atoms with Crippen molar-refractivity contribution in [3.63, 3.8) is 0 Å². The molecule has 24 heavy (non-hydrogen) atoms. The maximum Gasteiger partial charge on any atom is 0.230 e. The number of pyridine rings is 1. The molecule has 1 aliphatic heterocycles. The third-order valence-electron chi connectivity index (χ3n) is 4.73. The average Bonchev–Trinajstić information content (AvgIpc) is 3.31. The van der Waals surface area contributed by atoms with Crippen LogP contribution in [0.4, 0.5) is 0 Å². The molecule has 1 unspecified atom stereocenters. The van der Waals surface area contributed by atoms with Crippen molar-refractivity contribution in [2.24, 2.45) is 0 Å². The monoisotopic (exact) mass is 319 g/mol. The first-order chi connectivity index (χ1) is 11.8. The second-order valence-corrected chi connectivity index (χ2v) is 6.45. The number of aryl methyl sites for hydroxylation is 2. The Morgan fingerprint density at radius 2 is 2.21 bits per heavy atom. The lowest BCUT2D eigenvalue weighted by molar-refractivity contribution is 0.323. The molecule has 0 saturated heterocycles. The molecule has 0 aliphatic carbocycles. The van der Waals surface area contributed by atoms with Crippen LogP contribution in [0.3, 0.4) is 0 Å². The Balaban J connectivity index is 1.46. The van der Waals surface area contributed by atoms with E-state index in [1.54, 1.807) is 0 Å². The molecule has 0 aromatic carbocycles. The third-order valence-corrected chi connectivity index (χ3v) is 4.73. The number of nitrogens with zero attached hydrogens (tertiary/aromatic N) is 5. The number of rotatable bonds is 2. The summed E-state index contributed by atoms with van der Waals surface area (Å²) in [6.45, 7) is 3.04. The Hall–Kier alpha value is -2.89. The first-order valence-electron chi connectivity index (χ1n) is 8.18. The molecule has 5 rings (SSSR count). The van der Waals surface area contributed by atoms with Crippen molar-refractivity contribution in [3.8, 4) is 11.4 Å². The molecular weight excluding hydrogens is 302 g/mol. The molecule has 0 spiro atoms. The maximum atomic E-state index is 5.56. The Kier molecular flexibility index (Phi) is 2.85. The van der Waals surface area contributed by atoms with E-state index in [1.165, 1.54) is 11.1 Å². The molecule has 0 bridgehead atoms. The molecule has 0 fully saturated rings. The van der Waals surface area contributed by atoms with Crippen LogP contribution in [0.25, 0.3) is 16.9 Å². The Morgan fingerprint density at radius 3 is 3.17 bits per heavy atom. The molecule has 4 aromatic heterocycles. The van der Waals surface area contributed by atoms with Crippen LogP contribution in [0.2, 0.25) is 0 Å². The van der Waals surface area contributed by atoms with Crippen LogP contribution >= 0.6 is 0 Å². The summed E-state index contributed by atoms with van der Waals surface area (Å²) in [7, 11) is 0. The number of aromatic nitrogens is 5. The summed E-state index contributed by atoms with van der Waals surface area (Å²) in [5.74, 6) is 2.70. The van der Waals surface area contributed by atoms with Gasteiger partial charge in [-0.25, -0.2) is 4.98 Å². The highest BCUT2D eigenvalue weighted by Gasteiger charge is 2.25. The molecule has 0 saturated carbocycles. The molecule has 5 heterocycles. The highest BCUT2D eigenvalue weighted by molar-refractivity contribution is 5.60. The highest BCUT2D eigenvalue weighted by atomic mass is 16.5. The van der Waals surface area contributed by atoms with E-state index in [1.807, 2.05) is 24.7 Å². The van der Waals surface area contributed by atoms with Crippen molar-refractivity contribution in [1.29, 1.82) is 0 Å². The van der Waals surface area contributed by atoms with E-state index in [-0.39, 0.29) is 5.92 Å². The van der Waals surface area contributed by atoms with Crippen molar-refractivity contribution in [1.82, 2.24) is 24.1 Å². The van der Waals surface area contributed by atoms with E-state index in [9.17, 15) is 0 Å². The van der Waals surface area contributed by atoms with E-state index in [0.29, 0.717) is 11.7 Å². The summed E-state index contributed by atoms with van der Waals surface area (Å²) in [5, 5.41) is 4.19. The van der Waals surface area contributed by atoms with Gasteiger partial charge in [-0.3, -0.25) is 0 Å². The van der Waals surface area contributed by atoms with Gasteiger partial charge in [0.05, 0.1) is 0 Å². The minimum absolute atomic E-state index is 0.249. The summed E-state index contributed by atoms with van der Waals surface area (Å²) >= 11 is 0. The zero-order valence-corrected chi connectivity index (χ0v) is 13.4. The molecule has 0 amide bonds. The topological polar surface area (TPSA) is 61.2 Å². The van der Waals surface area contributed by atoms with Crippen molar-refractivity contribution in [2.75, 3.05) is 0 Å². The van der Waals surface area contributed by atoms with Gasteiger partial charge in [-0.2, -0.15) is 4.98 Å². The predicted octanol–water partition coefficient (Wildman–Crippen LogP) is 3.22. The summed E-state index contributed by atoms with van der Waals surface area (Å²) < 4.78 is 9.85. The van der Waals surface area contributed by atoms with Gasteiger partial charge in [0.15, 0.2) is 0 Å². The number of imidazole rings is 1. The van der Waals surface area contributed by atoms with Crippen LogP contribution < -0.4 is 0 Å². The Bertz CT molecular complexity index is 1030. The molecule has 120 valence electrons. The van der Waals surface area contributed by atoms with Crippen molar-refractivity contribution >= 4 is 5.52 Å². The second kappa shape index (κ2) is 5.06. The standard InChI is InChI=1S/C18H17N5O/c1-12-8-15-3-2-14(11-23(15)10-12)17-20-18(24-21-17)13-4-6-22-7-5-19-16(22)9-13/h2-3,5,7-8,10-11,13H,4,6,9H2,1H3. The number of hydrogen-bond donors (Lipinski definition) is 0. The van der Waals surface area contributed by atoms with Gasteiger partial charge in [0.2, 0.25) is 11.7 Å². The Labute approximate surface area is 138 Å². The predicted molar refractivity (Wildman–Crippen MR) is 88.7 cm³/mol. The van der Waals surface area contributed by atoms with Gasteiger partial charge in [0.25, 0.3) is 0 Å². The second-order valence-electron chi connectivity index (χ2n) is 6.45. The molecule has 1 aliphatic rings. The lowest BCUT2D eigenvalue weighted by Crippen LogP contribution is -2.18. The van der Waals surface area contributed by atoms with E-state index < -0.39 is 0 Å². The smallest absolute Gasteiger partial charge is 0.230 e. The van der Waals surface area contributed by atoms with E-state index >= 15 is 0 Å². The maximum absolute atomic E-state index is 5.56. The van der Waals surface area contributed by atoms with Crippen LogP contribution in [0.15, 0.2) is 47.5 Å². The van der Waals surface area contributed by atoms with Crippen LogP contribution in [-0.4, -0.2) is 24.1 Å². The van der Waals surface area contributed by atoms with Crippen LogP contribution in [0.5, 0.6) is 0 Å². The van der Waals surface area contributed by atoms with Gasteiger partial charge in [-0.1, -0.05) is 5.16 Å². The molecule has 6 heteroatoms.